The van der Waals surface area contributed by atoms with E-state index in [4.69, 9.17) is 0 Å². The smallest absolute Gasteiger partial charge is 0.216 e. The number of hydrogen-bond donors (Lipinski definition) is 2. The average molecular weight is 582 g/mol. The molecule has 0 saturated heterocycles. The zero-order valence-electron chi connectivity index (χ0n) is 28.5. The van der Waals surface area contributed by atoms with Crippen molar-refractivity contribution in [2.24, 2.45) is 0 Å². The minimum atomic E-state index is -0.195. The highest BCUT2D eigenvalue weighted by Crippen LogP contribution is 2.14. The highest BCUT2D eigenvalue weighted by atomic mass is 16.3. The SMILES string of the molecule is CCCCCCCCCCCCCCN(CCCN(C)CCNC(C)=O)CC(O)CCCCCCCCCCCC. The molecule has 1 atom stereocenters. The number of aliphatic hydroxyl groups excluding tert-OH is 1. The van der Waals surface area contributed by atoms with Crippen molar-refractivity contribution in [2.75, 3.05) is 46.3 Å². The lowest BCUT2D eigenvalue weighted by atomic mass is 10.0. The largest absolute Gasteiger partial charge is 0.392 e. The maximum Gasteiger partial charge on any atom is 0.216 e. The van der Waals surface area contributed by atoms with E-state index in [0.717, 1.165) is 52.0 Å². The molecule has 0 aromatic rings. The van der Waals surface area contributed by atoms with Crippen molar-refractivity contribution >= 4 is 5.91 Å². The van der Waals surface area contributed by atoms with Crippen LogP contribution in [0, 0.1) is 0 Å². The Balaban J connectivity index is 4.14. The van der Waals surface area contributed by atoms with E-state index in [1.54, 1.807) is 6.92 Å². The molecule has 0 saturated carbocycles. The molecule has 0 rings (SSSR count). The molecule has 5 nitrogen and oxygen atoms in total. The van der Waals surface area contributed by atoms with Crippen molar-refractivity contribution < 1.29 is 9.90 Å². The minimum absolute atomic E-state index is 0.0448. The van der Waals surface area contributed by atoms with Crippen LogP contribution in [-0.2, 0) is 4.79 Å². The molecule has 0 bridgehead atoms. The summed E-state index contributed by atoms with van der Waals surface area (Å²) in [5, 5.41) is 13.7. The van der Waals surface area contributed by atoms with Crippen LogP contribution in [0.3, 0.4) is 0 Å². The summed E-state index contributed by atoms with van der Waals surface area (Å²) in [6.45, 7) is 11.8. The fraction of sp³-hybridized carbons (Fsp3) is 0.972. The lowest BCUT2D eigenvalue weighted by molar-refractivity contribution is -0.119. The van der Waals surface area contributed by atoms with Gasteiger partial charge in [0.25, 0.3) is 0 Å². The number of unbranched alkanes of at least 4 members (excludes halogenated alkanes) is 20. The number of likely N-dealkylation sites (N-methyl/N-ethyl adjacent to an activating group) is 1. The summed E-state index contributed by atoms with van der Waals surface area (Å²) >= 11 is 0. The molecule has 1 amide bonds. The molecule has 0 spiro atoms. The molecule has 0 aromatic carbocycles. The third-order valence-corrected chi connectivity index (χ3v) is 8.57. The summed E-state index contributed by atoms with van der Waals surface area (Å²) < 4.78 is 0. The summed E-state index contributed by atoms with van der Waals surface area (Å²) in [7, 11) is 2.14. The maximum atomic E-state index is 11.1. The molecule has 1 unspecified atom stereocenters. The van der Waals surface area contributed by atoms with E-state index >= 15 is 0 Å². The van der Waals surface area contributed by atoms with Gasteiger partial charge >= 0.3 is 0 Å². The Kier molecular flexibility index (Phi) is 31.8. The molecular formula is C36H75N3O2. The van der Waals surface area contributed by atoms with Crippen molar-refractivity contribution in [2.45, 2.75) is 181 Å². The Bertz CT molecular complexity index is 531. The van der Waals surface area contributed by atoms with Gasteiger partial charge in [-0.3, -0.25) is 4.79 Å². The minimum Gasteiger partial charge on any atom is -0.392 e. The molecule has 246 valence electrons. The number of amides is 1. The van der Waals surface area contributed by atoms with Gasteiger partial charge in [0, 0.05) is 26.6 Å². The van der Waals surface area contributed by atoms with Gasteiger partial charge in [-0.15, -0.1) is 0 Å². The molecule has 0 fully saturated rings. The number of hydrogen-bond acceptors (Lipinski definition) is 4. The third-order valence-electron chi connectivity index (χ3n) is 8.57. The highest BCUT2D eigenvalue weighted by molar-refractivity contribution is 5.72. The predicted octanol–water partition coefficient (Wildman–Crippen LogP) is 9.12. The number of carbonyl (C=O) groups excluding carboxylic acids is 1. The Labute approximate surface area is 258 Å². The van der Waals surface area contributed by atoms with Crippen molar-refractivity contribution in [3.8, 4) is 0 Å². The Morgan fingerprint density at radius 2 is 1.00 bits per heavy atom. The van der Waals surface area contributed by atoms with E-state index in [-0.39, 0.29) is 12.0 Å². The summed E-state index contributed by atoms with van der Waals surface area (Å²) in [4.78, 5) is 15.9. The normalized spacial score (nSPS) is 12.5. The van der Waals surface area contributed by atoms with Crippen molar-refractivity contribution in [3.63, 3.8) is 0 Å². The zero-order chi connectivity index (χ0) is 30.2. The van der Waals surface area contributed by atoms with Crippen LogP contribution < -0.4 is 5.32 Å². The van der Waals surface area contributed by atoms with E-state index in [9.17, 15) is 9.90 Å². The van der Waals surface area contributed by atoms with Crippen LogP contribution in [0.5, 0.6) is 0 Å². The lowest BCUT2D eigenvalue weighted by Crippen LogP contribution is -2.36. The monoisotopic (exact) mass is 582 g/mol. The van der Waals surface area contributed by atoms with Crippen molar-refractivity contribution in [1.82, 2.24) is 15.1 Å². The molecule has 2 N–H and O–H groups in total. The highest BCUT2D eigenvalue weighted by Gasteiger charge is 2.12. The number of aliphatic hydroxyl groups is 1. The summed E-state index contributed by atoms with van der Waals surface area (Å²) in [6, 6.07) is 0. The van der Waals surface area contributed by atoms with Gasteiger partial charge in [0.05, 0.1) is 6.10 Å². The first-order chi connectivity index (χ1) is 20.0. The third kappa shape index (κ3) is 32.1. The van der Waals surface area contributed by atoms with Gasteiger partial charge in [0.2, 0.25) is 5.91 Å². The number of nitrogens with one attached hydrogen (secondary N) is 1. The second kappa shape index (κ2) is 32.3. The number of rotatable bonds is 33. The fourth-order valence-corrected chi connectivity index (χ4v) is 5.83. The molecule has 41 heavy (non-hydrogen) atoms. The van der Waals surface area contributed by atoms with Gasteiger partial charge in [-0.25, -0.2) is 0 Å². The van der Waals surface area contributed by atoms with E-state index in [1.807, 2.05) is 0 Å². The standard InChI is InChI=1S/C36H75N3O2/c1-5-7-9-11-13-15-17-18-20-22-24-26-31-39(32-27-30-38(4)33-29-37-35(3)40)34-36(41)28-25-23-21-19-16-14-12-10-8-6-2/h36,41H,5-34H2,1-4H3,(H,37,40). The van der Waals surface area contributed by atoms with E-state index in [0.29, 0.717) is 6.54 Å². The topological polar surface area (TPSA) is 55.8 Å². The molecule has 0 aromatic heterocycles. The fourth-order valence-electron chi connectivity index (χ4n) is 5.83. The molecule has 0 aliphatic carbocycles. The van der Waals surface area contributed by atoms with E-state index < -0.39 is 0 Å². The predicted molar refractivity (Wildman–Crippen MR) is 181 cm³/mol. The van der Waals surface area contributed by atoms with Crippen LogP contribution in [0.4, 0.5) is 0 Å². The first-order valence-corrected chi connectivity index (χ1v) is 18.3. The summed E-state index contributed by atoms with van der Waals surface area (Å²) in [5.74, 6) is 0.0448. The van der Waals surface area contributed by atoms with E-state index in [2.05, 4.69) is 36.0 Å². The van der Waals surface area contributed by atoms with E-state index in [1.165, 1.54) is 135 Å². The zero-order valence-corrected chi connectivity index (χ0v) is 28.5. The average Bonchev–Trinajstić information content (AvgIpc) is 2.94. The first kappa shape index (κ1) is 40.4. The van der Waals surface area contributed by atoms with Gasteiger partial charge in [-0.2, -0.15) is 0 Å². The van der Waals surface area contributed by atoms with Crippen molar-refractivity contribution in [1.29, 1.82) is 0 Å². The number of nitrogens with zero attached hydrogens (tertiary/aromatic N) is 2. The van der Waals surface area contributed by atoms with Gasteiger partial charge in [0.15, 0.2) is 0 Å². The van der Waals surface area contributed by atoms with Gasteiger partial charge < -0.3 is 20.2 Å². The molecule has 0 aliphatic rings. The Morgan fingerprint density at radius 3 is 1.46 bits per heavy atom. The van der Waals surface area contributed by atoms with Crippen LogP contribution in [-0.4, -0.2) is 73.2 Å². The molecular weight excluding hydrogens is 506 g/mol. The first-order valence-electron chi connectivity index (χ1n) is 18.3. The maximum absolute atomic E-state index is 11.1. The number of carbonyl (C=O) groups is 1. The quantitative estimate of drug-likeness (QED) is 0.0759. The molecule has 0 radical (unpaired) electrons. The molecule has 0 heterocycles. The van der Waals surface area contributed by atoms with Gasteiger partial charge in [-0.05, 0) is 45.9 Å². The second-order valence-electron chi connectivity index (χ2n) is 13.0. The molecule has 5 heteroatoms. The van der Waals surface area contributed by atoms with Crippen LogP contribution >= 0.6 is 0 Å². The summed E-state index contributed by atoms with van der Waals surface area (Å²) in [5.41, 5.74) is 0. The Morgan fingerprint density at radius 1 is 0.585 bits per heavy atom. The van der Waals surface area contributed by atoms with Crippen LogP contribution in [0.1, 0.15) is 175 Å². The van der Waals surface area contributed by atoms with Crippen LogP contribution in [0.2, 0.25) is 0 Å². The van der Waals surface area contributed by atoms with Crippen LogP contribution in [0.25, 0.3) is 0 Å². The Hall–Kier alpha value is -0.650. The van der Waals surface area contributed by atoms with Crippen LogP contribution in [0.15, 0.2) is 0 Å². The summed E-state index contributed by atoms with van der Waals surface area (Å²) in [6.07, 6.45) is 31.9. The lowest BCUT2D eigenvalue weighted by Gasteiger charge is -2.26. The van der Waals surface area contributed by atoms with Gasteiger partial charge in [-0.1, -0.05) is 149 Å². The second-order valence-corrected chi connectivity index (χ2v) is 13.0. The van der Waals surface area contributed by atoms with Gasteiger partial charge in [0.1, 0.15) is 0 Å². The molecule has 0 aliphatic heterocycles. The van der Waals surface area contributed by atoms with Crippen molar-refractivity contribution in [3.05, 3.63) is 0 Å².